The van der Waals surface area contributed by atoms with Crippen molar-refractivity contribution in [3.05, 3.63) is 84.1 Å². The van der Waals surface area contributed by atoms with Crippen LogP contribution in [-0.2, 0) is 13.0 Å². The largest absolute Gasteiger partial charge is 0.494 e. The van der Waals surface area contributed by atoms with Crippen molar-refractivity contribution in [3.8, 4) is 28.1 Å². The van der Waals surface area contributed by atoms with Gasteiger partial charge in [-0.1, -0.05) is 6.07 Å². The van der Waals surface area contributed by atoms with Crippen LogP contribution in [0.1, 0.15) is 37.0 Å². The van der Waals surface area contributed by atoms with Crippen molar-refractivity contribution in [1.29, 1.82) is 0 Å². The molecule has 5 aromatic rings. The van der Waals surface area contributed by atoms with E-state index >= 15 is 0 Å². The van der Waals surface area contributed by atoms with E-state index in [0.717, 1.165) is 69.8 Å². The summed E-state index contributed by atoms with van der Waals surface area (Å²) in [6, 6.07) is 12.1. The van der Waals surface area contributed by atoms with Gasteiger partial charge in [0, 0.05) is 54.3 Å². The SMILES string of the molecule is Cc1c(-c2cn[nH]c2)cnc2[nH]c(-c3ccc(OCCCNCc4cccnc4)cc3)c(CC(C)(C)O)c12. The average molecular weight is 511 g/mol. The first-order valence-electron chi connectivity index (χ1n) is 12.9. The van der Waals surface area contributed by atoms with E-state index in [9.17, 15) is 5.11 Å². The van der Waals surface area contributed by atoms with Crippen LogP contribution in [0.3, 0.4) is 0 Å². The molecule has 1 aromatic carbocycles. The molecule has 0 saturated heterocycles. The number of rotatable bonds is 11. The zero-order chi connectivity index (χ0) is 26.5. The Hall–Kier alpha value is -4.01. The summed E-state index contributed by atoms with van der Waals surface area (Å²) in [5.74, 6) is 0.831. The molecule has 0 bridgehead atoms. The highest BCUT2D eigenvalue weighted by Gasteiger charge is 2.24. The first-order valence-corrected chi connectivity index (χ1v) is 12.9. The molecule has 8 nitrogen and oxygen atoms in total. The van der Waals surface area contributed by atoms with Crippen LogP contribution in [0.2, 0.25) is 0 Å². The number of fused-ring (bicyclic) bond motifs is 1. The fourth-order valence-corrected chi connectivity index (χ4v) is 4.77. The number of aliphatic hydroxyl groups is 1. The Balaban J connectivity index is 1.31. The molecular weight excluding hydrogens is 476 g/mol. The third kappa shape index (κ3) is 5.93. The maximum atomic E-state index is 10.8. The highest BCUT2D eigenvalue weighted by molar-refractivity contribution is 5.94. The topological polar surface area (TPSA) is 112 Å². The second-order valence-electron chi connectivity index (χ2n) is 10.2. The monoisotopic (exact) mass is 510 g/mol. The lowest BCUT2D eigenvalue weighted by Gasteiger charge is -2.18. The number of H-pyrrole nitrogens is 2. The molecule has 8 heteroatoms. The third-order valence-corrected chi connectivity index (χ3v) is 6.57. The molecule has 38 heavy (non-hydrogen) atoms. The van der Waals surface area contributed by atoms with Crippen molar-refractivity contribution < 1.29 is 9.84 Å². The number of ether oxygens (including phenoxy) is 1. The molecule has 4 aromatic heterocycles. The lowest BCUT2D eigenvalue weighted by atomic mass is 9.92. The van der Waals surface area contributed by atoms with E-state index in [1.54, 1.807) is 12.4 Å². The Labute approximate surface area is 222 Å². The highest BCUT2D eigenvalue weighted by atomic mass is 16.5. The van der Waals surface area contributed by atoms with Crippen molar-refractivity contribution in [2.45, 2.75) is 45.8 Å². The van der Waals surface area contributed by atoms with Crippen molar-refractivity contribution >= 4 is 11.0 Å². The predicted molar refractivity (Wildman–Crippen MR) is 150 cm³/mol. The molecule has 0 aliphatic heterocycles. The van der Waals surface area contributed by atoms with Crippen LogP contribution in [0.25, 0.3) is 33.4 Å². The summed E-state index contributed by atoms with van der Waals surface area (Å²) in [6.45, 7) is 8.07. The molecule has 0 fully saturated rings. The Kier molecular flexibility index (Phi) is 7.53. The minimum atomic E-state index is -0.879. The molecule has 0 unspecified atom stereocenters. The molecule has 0 aliphatic rings. The summed E-state index contributed by atoms with van der Waals surface area (Å²) in [5.41, 5.74) is 7.26. The Morgan fingerprint density at radius 2 is 1.89 bits per heavy atom. The van der Waals surface area contributed by atoms with Gasteiger partial charge in [0.2, 0.25) is 0 Å². The van der Waals surface area contributed by atoms with Gasteiger partial charge in [-0.15, -0.1) is 0 Å². The smallest absolute Gasteiger partial charge is 0.138 e. The number of aromatic nitrogens is 5. The van der Waals surface area contributed by atoms with E-state index in [1.807, 2.05) is 50.6 Å². The minimum Gasteiger partial charge on any atom is -0.494 e. The van der Waals surface area contributed by atoms with Crippen LogP contribution in [0, 0.1) is 6.92 Å². The molecule has 0 spiro atoms. The number of nitrogens with one attached hydrogen (secondary N) is 3. The highest BCUT2D eigenvalue weighted by Crippen LogP contribution is 2.37. The number of nitrogens with zero attached hydrogens (tertiary/aromatic N) is 3. The summed E-state index contributed by atoms with van der Waals surface area (Å²) in [4.78, 5) is 12.4. The Morgan fingerprint density at radius 1 is 1.05 bits per heavy atom. The number of pyridine rings is 2. The van der Waals surface area contributed by atoms with E-state index in [0.29, 0.717) is 13.0 Å². The van der Waals surface area contributed by atoms with Crippen molar-refractivity contribution in [2.24, 2.45) is 0 Å². The molecule has 0 saturated carbocycles. The number of aromatic amines is 2. The van der Waals surface area contributed by atoms with Gasteiger partial charge in [-0.05, 0) is 86.3 Å². The van der Waals surface area contributed by atoms with Crippen molar-refractivity contribution in [3.63, 3.8) is 0 Å². The zero-order valence-electron chi connectivity index (χ0n) is 22.1. The number of benzene rings is 1. The summed E-state index contributed by atoms with van der Waals surface area (Å²) in [5, 5.41) is 22.2. The molecule has 0 aliphatic carbocycles. The fraction of sp³-hybridized carbons (Fsp3) is 0.300. The Bertz CT molecular complexity index is 1470. The molecule has 196 valence electrons. The fourth-order valence-electron chi connectivity index (χ4n) is 4.77. The lowest BCUT2D eigenvalue weighted by Crippen LogP contribution is -2.22. The zero-order valence-corrected chi connectivity index (χ0v) is 22.1. The molecule has 4 N–H and O–H groups in total. The van der Waals surface area contributed by atoms with E-state index < -0.39 is 5.60 Å². The van der Waals surface area contributed by atoms with E-state index in [1.165, 1.54) is 5.56 Å². The molecule has 4 heterocycles. The van der Waals surface area contributed by atoms with E-state index in [4.69, 9.17) is 9.72 Å². The van der Waals surface area contributed by atoms with E-state index in [2.05, 4.69) is 50.6 Å². The van der Waals surface area contributed by atoms with Gasteiger partial charge in [-0.3, -0.25) is 10.1 Å². The lowest BCUT2D eigenvalue weighted by molar-refractivity contribution is 0.0814. The number of aryl methyl sites for hydroxylation is 1. The number of hydrogen-bond acceptors (Lipinski definition) is 6. The summed E-state index contributed by atoms with van der Waals surface area (Å²) in [7, 11) is 0. The molecule has 5 rings (SSSR count). The first kappa shape index (κ1) is 25.6. The summed E-state index contributed by atoms with van der Waals surface area (Å²) in [6.07, 6.45) is 10.6. The van der Waals surface area contributed by atoms with Gasteiger partial charge in [0.25, 0.3) is 0 Å². The second-order valence-corrected chi connectivity index (χ2v) is 10.2. The molecular formula is C30H34N6O2. The van der Waals surface area contributed by atoms with Gasteiger partial charge >= 0.3 is 0 Å². The van der Waals surface area contributed by atoms with Crippen molar-refractivity contribution in [2.75, 3.05) is 13.2 Å². The van der Waals surface area contributed by atoms with Gasteiger partial charge < -0.3 is 20.1 Å². The van der Waals surface area contributed by atoms with Gasteiger partial charge in [-0.25, -0.2) is 4.98 Å². The van der Waals surface area contributed by atoms with Gasteiger partial charge in [-0.2, -0.15) is 5.10 Å². The maximum Gasteiger partial charge on any atom is 0.138 e. The quantitative estimate of drug-likeness (QED) is 0.182. The number of hydrogen-bond donors (Lipinski definition) is 4. The van der Waals surface area contributed by atoms with Gasteiger partial charge in [0.1, 0.15) is 11.4 Å². The average Bonchev–Trinajstić information content (AvgIpc) is 3.55. The Morgan fingerprint density at radius 3 is 2.61 bits per heavy atom. The minimum absolute atomic E-state index is 0.490. The third-order valence-electron chi connectivity index (χ3n) is 6.57. The van der Waals surface area contributed by atoms with Crippen LogP contribution in [0.15, 0.2) is 67.4 Å². The second kappa shape index (κ2) is 11.2. The molecule has 0 atom stereocenters. The van der Waals surface area contributed by atoms with Gasteiger partial charge in [0.05, 0.1) is 24.1 Å². The van der Waals surface area contributed by atoms with Crippen LogP contribution < -0.4 is 10.1 Å². The first-order chi connectivity index (χ1) is 18.4. The van der Waals surface area contributed by atoms with Crippen LogP contribution in [0.4, 0.5) is 0 Å². The summed E-state index contributed by atoms with van der Waals surface area (Å²) < 4.78 is 5.97. The predicted octanol–water partition coefficient (Wildman–Crippen LogP) is 5.20. The van der Waals surface area contributed by atoms with E-state index in [-0.39, 0.29) is 0 Å². The van der Waals surface area contributed by atoms with Crippen LogP contribution in [-0.4, -0.2) is 49.0 Å². The van der Waals surface area contributed by atoms with Crippen molar-refractivity contribution in [1.82, 2.24) is 30.5 Å². The normalized spacial score (nSPS) is 11.8. The van der Waals surface area contributed by atoms with Gasteiger partial charge in [0.15, 0.2) is 0 Å². The molecule has 0 amide bonds. The standard InChI is InChI=1S/C30H34N6O2/c1-20-26(23-17-34-35-18-23)19-33-29-27(20)25(14-30(2,3)37)28(36-29)22-7-9-24(10-8-22)38-13-5-12-32-16-21-6-4-11-31-15-21/h4,6-11,15,17-19,32,37H,5,12-14,16H2,1-3H3,(H,33,36)(H,34,35). The van der Waals surface area contributed by atoms with Crippen LogP contribution >= 0.6 is 0 Å². The maximum absolute atomic E-state index is 10.8. The molecule has 0 radical (unpaired) electrons. The van der Waals surface area contributed by atoms with Crippen LogP contribution in [0.5, 0.6) is 5.75 Å². The summed E-state index contributed by atoms with van der Waals surface area (Å²) >= 11 is 0.